The van der Waals surface area contributed by atoms with Crippen molar-refractivity contribution in [2.45, 2.75) is 13.8 Å². The van der Waals surface area contributed by atoms with Crippen LogP contribution >= 0.6 is 11.6 Å². The van der Waals surface area contributed by atoms with Crippen molar-refractivity contribution in [3.8, 4) is 0 Å². The molecule has 1 N–H and O–H groups in total. The normalized spacial score (nSPS) is 10.3. The lowest BCUT2D eigenvalue weighted by atomic mass is 10.1. The van der Waals surface area contributed by atoms with E-state index in [4.69, 9.17) is 11.6 Å². The number of nitro groups is 1. The maximum Gasteiger partial charge on any atom is 0.271 e. The Bertz CT molecular complexity index is 760. The molecule has 0 aliphatic carbocycles. The Labute approximate surface area is 145 Å². The van der Waals surface area contributed by atoms with Crippen LogP contribution in [0.4, 0.5) is 17.1 Å². The maximum absolute atomic E-state index is 12.4. The molecule has 0 radical (unpaired) electrons. The van der Waals surface area contributed by atoms with Gasteiger partial charge in [0.15, 0.2) is 0 Å². The number of carbonyl (C=O) groups excluding carboxylic acids is 1. The maximum atomic E-state index is 12.4. The van der Waals surface area contributed by atoms with Gasteiger partial charge in [0.1, 0.15) is 0 Å². The van der Waals surface area contributed by atoms with Crippen molar-refractivity contribution in [3.05, 3.63) is 63.2 Å². The van der Waals surface area contributed by atoms with Crippen LogP contribution in [0.5, 0.6) is 0 Å². The third-order valence-electron chi connectivity index (χ3n) is 3.60. The summed E-state index contributed by atoms with van der Waals surface area (Å²) < 4.78 is 0. The second-order valence-electron chi connectivity index (χ2n) is 5.10. The molecule has 0 fully saturated rings. The summed E-state index contributed by atoms with van der Waals surface area (Å²) in [6.07, 6.45) is 0. The summed E-state index contributed by atoms with van der Waals surface area (Å²) in [6.45, 7) is 5.14. The van der Waals surface area contributed by atoms with Gasteiger partial charge in [-0.2, -0.15) is 0 Å². The number of nitro benzene ring substituents is 1. The molecule has 126 valence electrons. The molecule has 0 aliphatic rings. The molecule has 2 aromatic carbocycles. The van der Waals surface area contributed by atoms with Gasteiger partial charge >= 0.3 is 0 Å². The predicted molar refractivity (Wildman–Crippen MR) is 95.1 cm³/mol. The van der Waals surface area contributed by atoms with Crippen molar-refractivity contribution in [2.75, 3.05) is 18.4 Å². The molecular formula is C17H18ClN3O3. The number of carbonyl (C=O) groups is 1. The van der Waals surface area contributed by atoms with E-state index in [9.17, 15) is 14.9 Å². The molecule has 0 saturated heterocycles. The standard InChI is InChI=1S/C17H18ClN3O3/c1-3-20(4-2)17(22)12-6-5-7-13(10-12)19-16-9-8-14(21(23)24)11-15(16)18/h5-11,19H,3-4H2,1-2H3. The van der Waals surface area contributed by atoms with Gasteiger partial charge in [-0.05, 0) is 38.1 Å². The molecule has 0 saturated carbocycles. The zero-order chi connectivity index (χ0) is 17.7. The average molecular weight is 348 g/mol. The minimum atomic E-state index is -0.501. The van der Waals surface area contributed by atoms with Crippen LogP contribution in [0.15, 0.2) is 42.5 Å². The lowest BCUT2D eigenvalue weighted by molar-refractivity contribution is -0.384. The van der Waals surface area contributed by atoms with Gasteiger partial charge in [-0.15, -0.1) is 0 Å². The van der Waals surface area contributed by atoms with Gasteiger partial charge in [-0.25, -0.2) is 0 Å². The predicted octanol–water partition coefficient (Wildman–Crippen LogP) is 4.47. The van der Waals surface area contributed by atoms with Crippen LogP contribution in [-0.4, -0.2) is 28.8 Å². The van der Waals surface area contributed by atoms with Crippen molar-refractivity contribution in [3.63, 3.8) is 0 Å². The number of benzene rings is 2. The zero-order valence-corrected chi connectivity index (χ0v) is 14.2. The first-order valence-electron chi connectivity index (χ1n) is 7.56. The van der Waals surface area contributed by atoms with Crippen LogP contribution < -0.4 is 5.32 Å². The van der Waals surface area contributed by atoms with Crippen molar-refractivity contribution in [2.24, 2.45) is 0 Å². The number of anilines is 2. The fourth-order valence-corrected chi connectivity index (χ4v) is 2.52. The number of halogens is 1. The van der Waals surface area contributed by atoms with Crippen LogP contribution in [-0.2, 0) is 0 Å². The van der Waals surface area contributed by atoms with E-state index < -0.39 is 4.92 Å². The second kappa shape index (κ2) is 7.79. The highest BCUT2D eigenvalue weighted by Gasteiger charge is 2.13. The number of amides is 1. The molecule has 7 heteroatoms. The Hall–Kier alpha value is -2.60. The Morgan fingerprint density at radius 3 is 2.50 bits per heavy atom. The molecule has 0 atom stereocenters. The number of nitrogens with zero attached hydrogens (tertiary/aromatic N) is 2. The quantitative estimate of drug-likeness (QED) is 0.617. The van der Waals surface area contributed by atoms with E-state index in [0.29, 0.717) is 30.0 Å². The summed E-state index contributed by atoms with van der Waals surface area (Å²) >= 11 is 6.08. The third kappa shape index (κ3) is 4.02. The zero-order valence-electron chi connectivity index (χ0n) is 13.5. The minimum Gasteiger partial charge on any atom is -0.354 e. The van der Waals surface area contributed by atoms with E-state index in [0.717, 1.165) is 0 Å². The molecule has 6 nitrogen and oxygen atoms in total. The largest absolute Gasteiger partial charge is 0.354 e. The van der Waals surface area contributed by atoms with E-state index in [1.165, 1.54) is 12.1 Å². The molecule has 2 rings (SSSR count). The highest BCUT2D eigenvalue weighted by Crippen LogP contribution is 2.29. The molecule has 1 amide bonds. The lowest BCUT2D eigenvalue weighted by Gasteiger charge is -2.19. The van der Waals surface area contributed by atoms with E-state index in [2.05, 4.69) is 5.32 Å². The Balaban J connectivity index is 2.24. The van der Waals surface area contributed by atoms with Crippen LogP contribution in [0.1, 0.15) is 24.2 Å². The first-order chi connectivity index (χ1) is 11.5. The van der Waals surface area contributed by atoms with Gasteiger partial charge in [0, 0.05) is 36.5 Å². The molecule has 24 heavy (non-hydrogen) atoms. The first-order valence-corrected chi connectivity index (χ1v) is 7.94. The minimum absolute atomic E-state index is 0.0431. The van der Waals surface area contributed by atoms with Gasteiger partial charge in [0.25, 0.3) is 11.6 Å². The molecule has 2 aromatic rings. The summed E-state index contributed by atoms with van der Waals surface area (Å²) in [5.74, 6) is -0.0431. The second-order valence-corrected chi connectivity index (χ2v) is 5.51. The molecule has 0 bridgehead atoms. The van der Waals surface area contributed by atoms with E-state index in [1.807, 2.05) is 13.8 Å². The Kier molecular flexibility index (Phi) is 5.76. The van der Waals surface area contributed by atoms with Gasteiger partial charge in [0.05, 0.1) is 15.6 Å². The summed E-state index contributed by atoms with van der Waals surface area (Å²) in [5, 5.41) is 14.1. The van der Waals surface area contributed by atoms with E-state index >= 15 is 0 Å². The van der Waals surface area contributed by atoms with Gasteiger partial charge in [0.2, 0.25) is 0 Å². The van der Waals surface area contributed by atoms with Crippen molar-refractivity contribution in [1.29, 1.82) is 0 Å². The van der Waals surface area contributed by atoms with Gasteiger partial charge < -0.3 is 10.2 Å². The smallest absolute Gasteiger partial charge is 0.271 e. The van der Waals surface area contributed by atoms with Crippen LogP contribution in [0.2, 0.25) is 5.02 Å². The van der Waals surface area contributed by atoms with Crippen LogP contribution in [0, 0.1) is 10.1 Å². The summed E-state index contributed by atoms with van der Waals surface area (Å²) in [6, 6.07) is 11.3. The number of rotatable bonds is 6. The first kappa shape index (κ1) is 17.7. The van der Waals surface area contributed by atoms with E-state index in [-0.39, 0.29) is 16.6 Å². The lowest BCUT2D eigenvalue weighted by Crippen LogP contribution is -2.30. The Morgan fingerprint density at radius 1 is 1.21 bits per heavy atom. The van der Waals surface area contributed by atoms with E-state index in [1.54, 1.807) is 35.2 Å². The summed E-state index contributed by atoms with van der Waals surface area (Å²) in [4.78, 5) is 24.4. The summed E-state index contributed by atoms with van der Waals surface area (Å²) in [5.41, 5.74) is 1.72. The summed E-state index contributed by atoms with van der Waals surface area (Å²) in [7, 11) is 0. The number of nitrogens with one attached hydrogen (secondary N) is 1. The van der Waals surface area contributed by atoms with Crippen molar-refractivity contribution < 1.29 is 9.72 Å². The van der Waals surface area contributed by atoms with Crippen LogP contribution in [0.3, 0.4) is 0 Å². The van der Waals surface area contributed by atoms with Crippen molar-refractivity contribution in [1.82, 2.24) is 4.90 Å². The Morgan fingerprint density at radius 2 is 1.92 bits per heavy atom. The molecule has 0 heterocycles. The third-order valence-corrected chi connectivity index (χ3v) is 3.92. The van der Waals surface area contributed by atoms with Gasteiger partial charge in [-0.1, -0.05) is 17.7 Å². The molecule has 0 spiro atoms. The number of hydrogen-bond donors (Lipinski definition) is 1. The number of non-ortho nitro benzene ring substituents is 1. The van der Waals surface area contributed by atoms with Crippen molar-refractivity contribution >= 4 is 34.6 Å². The fraction of sp³-hybridized carbons (Fsp3) is 0.235. The highest BCUT2D eigenvalue weighted by atomic mass is 35.5. The molecule has 0 unspecified atom stereocenters. The average Bonchev–Trinajstić information content (AvgIpc) is 2.57. The molecular weight excluding hydrogens is 330 g/mol. The van der Waals surface area contributed by atoms with Gasteiger partial charge in [-0.3, -0.25) is 14.9 Å². The monoisotopic (exact) mass is 347 g/mol. The topological polar surface area (TPSA) is 75.5 Å². The molecule has 0 aliphatic heterocycles. The SMILES string of the molecule is CCN(CC)C(=O)c1cccc(Nc2ccc([N+](=O)[O-])cc2Cl)c1. The molecule has 0 aromatic heterocycles. The van der Waals surface area contributed by atoms with Crippen LogP contribution in [0.25, 0.3) is 0 Å². The number of hydrogen-bond acceptors (Lipinski definition) is 4. The fourth-order valence-electron chi connectivity index (χ4n) is 2.30. The highest BCUT2D eigenvalue weighted by molar-refractivity contribution is 6.33.